The molecule has 0 N–H and O–H groups in total. The van der Waals surface area contributed by atoms with Gasteiger partial charge in [-0.1, -0.05) is 23.1 Å². The van der Waals surface area contributed by atoms with Crippen LogP contribution in [-0.2, 0) is 0 Å². The van der Waals surface area contributed by atoms with Crippen LogP contribution in [0.15, 0.2) is 39.7 Å². The van der Waals surface area contributed by atoms with Gasteiger partial charge in [0.05, 0.1) is 15.8 Å². The minimum Gasteiger partial charge on any atom is -0.258 e. The third-order valence-electron chi connectivity index (χ3n) is 3.45. The lowest BCUT2D eigenvalue weighted by molar-refractivity contribution is -0.383. The Hall–Kier alpha value is -2.06. The standard InChI is InChI=1S/C14H10N4O2S2/c19-18(20)10-5-6-11(12-9(10)2-1-7-15-12)21-14-17-16-13(22-14)8-3-4-8/h1-2,5-8H,3-4H2. The molecule has 3 aromatic rings. The maximum atomic E-state index is 11.1. The molecule has 2 aromatic heterocycles. The summed E-state index contributed by atoms with van der Waals surface area (Å²) in [4.78, 5) is 15.9. The highest BCUT2D eigenvalue weighted by Crippen LogP contribution is 2.44. The number of rotatable bonds is 4. The SMILES string of the molecule is O=[N+]([O-])c1ccc(Sc2nnc(C3CC3)s2)c2ncccc12. The van der Waals surface area contributed by atoms with Crippen molar-refractivity contribution in [3.8, 4) is 0 Å². The fraction of sp³-hybridized carbons (Fsp3) is 0.214. The van der Waals surface area contributed by atoms with E-state index in [-0.39, 0.29) is 10.6 Å². The van der Waals surface area contributed by atoms with E-state index in [1.807, 2.05) is 0 Å². The summed E-state index contributed by atoms with van der Waals surface area (Å²) < 4.78 is 0.850. The molecule has 0 bridgehead atoms. The number of benzene rings is 1. The van der Waals surface area contributed by atoms with Crippen molar-refractivity contribution in [1.29, 1.82) is 0 Å². The average Bonchev–Trinajstić information content (AvgIpc) is 3.27. The number of aromatic nitrogens is 3. The molecule has 1 saturated carbocycles. The van der Waals surface area contributed by atoms with E-state index in [1.165, 1.54) is 30.7 Å². The minimum absolute atomic E-state index is 0.0726. The van der Waals surface area contributed by atoms with Gasteiger partial charge in [0.2, 0.25) is 0 Å². The Balaban J connectivity index is 1.74. The smallest absolute Gasteiger partial charge is 0.258 e. The van der Waals surface area contributed by atoms with Crippen molar-refractivity contribution in [1.82, 2.24) is 15.2 Å². The van der Waals surface area contributed by atoms with Crippen LogP contribution in [0.5, 0.6) is 0 Å². The second kappa shape index (κ2) is 5.29. The molecule has 6 nitrogen and oxygen atoms in total. The van der Waals surface area contributed by atoms with Gasteiger partial charge in [0.25, 0.3) is 5.69 Å². The Morgan fingerprint density at radius 2 is 2.14 bits per heavy atom. The normalized spacial score (nSPS) is 14.4. The average molecular weight is 330 g/mol. The Kier molecular flexibility index (Phi) is 3.27. The molecule has 1 aliphatic rings. The van der Waals surface area contributed by atoms with E-state index >= 15 is 0 Å². The molecular weight excluding hydrogens is 320 g/mol. The second-order valence-electron chi connectivity index (χ2n) is 5.02. The molecule has 4 rings (SSSR count). The number of pyridine rings is 1. The van der Waals surface area contributed by atoms with Gasteiger partial charge in [-0.05, 0) is 31.0 Å². The van der Waals surface area contributed by atoms with E-state index < -0.39 is 0 Å². The predicted octanol–water partition coefficient (Wildman–Crippen LogP) is 4.02. The molecule has 1 aliphatic carbocycles. The molecule has 0 unspecified atom stereocenters. The maximum absolute atomic E-state index is 11.1. The van der Waals surface area contributed by atoms with Crippen LogP contribution < -0.4 is 0 Å². The first kappa shape index (κ1) is 13.6. The van der Waals surface area contributed by atoms with E-state index in [1.54, 1.807) is 35.7 Å². The largest absolute Gasteiger partial charge is 0.278 e. The lowest BCUT2D eigenvalue weighted by atomic mass is 10.2. The van der Waals surface area contributed by atoms with Gasteiger partial charge in [-0.2, -0.15) is 0 Å². The summed E-state index contributed by atoms with van der Waals surface area (Å²) in [5.41, 5.74) is 0.702. The van der Waals surface area contributed by atoms with Crippen molar-refractivity contribution in [2.75, 3.05) is 0 Å². The van der Waals surface area contributed by atoms with Crippen LogP contribution in [0.3, 0.4) is 0 Å². The fourth-order valence-corrected chi connectivity index (χ4v) is 4.33. The van der Waals surface area contributed by atoms with Gasteiger partial charge in [-0.3, -0.25) is 15.1 Å². The molecule has 0 saturated heterocycles. The first-order valence-corrected chi connectivity index (χ1v) is 8.39. The van der Waals surface area contributed by atoms with Crippen molar-refractivity contribution in [3.63, 3.8) is 0 Å². The van der Waals surface area contributed by atoms with Crippen molar-refractivity contribution in [3.05, 3.63) is 45.6 Å². The molecule has 0 spiro atoms. The summed E-state index contributed by atoms with van der Waals surface area (Å²) in [5.74, 6) is 0.582. The zero-order valence-corrected chi connectivity index (χ0v) is 12.9. The third-order valence-corrected chi connectivity index (χ3v) is 5.64. The molecule has 0 aliphatic heterocycles. The topological polar surface area (TPSA) is 81.8 Å². The maximum Gasteiger partial charge on any atom is 0.278 e. The number of nitro groups is 1. The van der Waals surface area contributed by atoms with Crippen LogP contribution in [0.2, 0.25) is 0 Å². The van der Waals surface area contributed by atoms with Crippen LogP contribution in [0.1, 0.15) is 23.8 Å². The lowest BCUT2D eigenvalue weighted by Crippen LogP contribution is -1.91. The summed E-state index contributed by atoms with van der Waals surface area (Å²) >= 11 is 3.06. The molecule has 1 fully saturated rings. The number of hydrogen-bond donors (Lipinski definition) is 0. The van der Waals surface area contributed by atoms with Gasteiger partial charge in [-0.25, -0.2) is 0 Å². The summed E-state index contributed by atoms with van der Waals surface area (Å²) in [7, 11) is 0. The third kappa shape index (κ3) is 2.44. The van der Waals surface area contributed by atoms with Gasteiger partial charge in [0.15, 0.2) is 4.34 Å². The molecular formula is C14H10N4O2S2. The molecule has 2 heterocycles. The highest BCUT2D eigenvalue weighted by atomic mass is 32.2. The first-order chi connectivity index (χ1) is 10.7. The molecule has 22 heavy (non-hydrogen) atoms. The minimum atomic E-state index is -0.380. The van der Waals surface area contributed by atoms with Crippen LogP contribution in [0, 0.1) is 10.1 Å². The van der Waals surface area contributed by atoms with Crippen molar-refractivity contribution >= 4 is 39.7 Å². The second-order valence-corrected chi connectivity index (χ2v) is 7.32. The van der Waals surface area contributed by atoms with E-state index in [4.69, 9.17) is 0 Å². The monoisotopic (exact) mass is 330 g/mol. The van der Waals surface area contributed by atoms with Crippen LogP contribution >= 0.6 is 23.1 Å². The van der Waals surface area contributed by atoms with Gasteiger partial charge in [0, 0.05) is 23.1 Å². The zero-order valence-electron chi connectivity index (χ0n) is 11.3. The van der Waals surface area contributed by atoms with Gasteiger partial charge in [-0.15, -0.1) is 10.2 Å². The van der Waals surface area contributed by atoms with E-state index in [2.05, 4.69) is 15.2 Å². The number of fused-ring (bicyclic) bond motifs is 1. The molecule has 110 valence electrons. The Morgan fingerprint density at radius 3 is 2.91 bits per heavy atom. The summed E-state index contributed by atoms with van der Waals surface area (Å²) in [6.07, 6.45) is 4.04. The summed E-state index contributed by atoms with van der Waals surface area (Å²) in [6.45, 7) is 0. The number of non-ortho nitro benzene ring substituents is 1. The highest BCUT2D eigenvalue weighted by molar-refractivity contribution is 8.01. The van der Waals surface area contributed by atoms with Crippen LogP contribution in [0.25, 0.3) is 10.9 Å². The van der Waals surface area contributed by atoms with Crippen LogP contribution in [0.4, 0.5) is 5.69 Å². The van der Waals surface area contributed by atoms with E-state index in [0.717, 1.165) is 14.2 Å². The number of hydrogen-bond acceptors (Lipinski definition) is 7. The molecule has 0 amide bonds. The van der Waals surface area contributed by atoms with Crippen LogP contribution in [-0.4, -0.2) is 20.1 Å². The Morgan fingerprint density at radius 1 is 1.27 bits per heavy atom. The van der Waals surface area contributed by atoms with Gasteiger partial charge < -0.3 is 0 Å². The molecule has 0 radical (unpaired) electrons. The quantitative estimate of drug-likeness (QED) is 0.531. The number of nitrogens with zero attached hydrogens (tertiary/aromatic N) is 4. The molecule has 0 atom stereocenters. The van der Waals surface area contributed by atoms with Gasteiger partial charge >= 0.3 is 0 Å². The fourth-order valence-electron chi connectivity index (χ4n) is 2.22. The van der Waals surface area contributed by atoms with E-state index in [0.29, 0.717) is 16.8 Å². The van der Waals surface area contributed by atoms with E-state index in [9.17, 15) is 10.1 Å². The van der Waals surface area contributed by atoms with Crippen molar-refractivity contribution in [2.24, 2.45) is 0 Å². The lowest BCUT2D eigenvalue weighted by Gasteiger charge is -2.03. The zero-order chi connectivity index (χ0) is 15.1. The van der Waals surface area contributed by atoms with Crippen molar-refractivity contribution in [2.45, 2.75) is 28.0 Å². The predicted molar refractivity (Wildman–Crippen MR) is 84.4 cm³/mol. The summed E-state index contributed by atoms with van der Waals surface area (Å²) in [5, 5.41) is 21.2. The summed E-state index contributed by atoms with van der Waals surface area (Å²) in [6, 6.07) is 6.69. The Bertz CT molecular complexity index is 876. The van der Waals surface area contributed by atoms with Crippen molar-refractivity contribution < 1.29 is 4.92 Å². The highest BCUT2D eigenvalue weighted by Gasteiger charge is 2.27. The first-order valence-electron chi connectivity index (χ1n) is 6.76. The number of nitro benzene ring substituents is 1. The molecule has 1 aromatic carbocycles. The Labute approximate surface area is 133 Å². The van der Waals surface area contributed by atoms with Gasteiger partial charge in [0.1, 0.15) is 5.01 Å². The molecule has 8 heteroatoms.